The van der Waals surface area contributed by atoms with Crippen LogP contribution in [0.2, 0.25) is 0 Å². The molecule has 2 unspecified atom stereocenters. The fourth-order valence-electron chi connectivity index (χ4n) is 2.55. The summed E-state index contributed by atoms with van der Waals surface area (Å²) in [6, 6.07) is 2.83. The average molecular weight is 267 g/mol. The quantitative estimate of drug-likeness (QED) is 0.639. The number of hydrogen-bond donors (Lipinski definition) is 1. The minimum Gasteiger partial charge on any atom is -0.309 e. The third kappa shape index (κ3) is 4.40. The Hall–Kier alpha value is -0.340. The minimum absolute atomic E-state index is 0.571. The predicted octanol–water partition coefficient (Wildman–Crippen LogP) is 5.31. The molecule has 18 heavy (non-hydrogen) atoms. The molecule has 1 N–H and O–H groups in total. The molecule has 0 fully saturated rings. The van der Waals surface area contributed by atoms with Crippen LogP contribution in [-0.4, -0.2) is 6.54 Å². The van der Waals surface area contributed by atoms with Crippen LogP contribution in [0.3, 0.4) is 0 Å². The van der Waals surface area contributed by atoms with Crippen LogP contribution in [0.4, 0.5) is 0 Å². The third-order valence-corrected chi connectivity index (χ3v) is 4.82. The Labute approximate surface area is 117 Å². The lowest BCUT2D eigenvalue weighted by molar-refractivity contribution is 0.327. The number of aryl methyl sites for hydroxylation is 1. The normalized spacial score (nSPS) is 14.7. The zero-order chi connectivity index (χ0) is 13.4. The summed E-state index contributed by atoms with van der Waals surface area (Å²) in [5.74, 6) is 0.786. The Balaban J connectivity index is 2.78. The molecule has 2 heteroatoms. The van der Waals surface area contributed by atoms with Gasteiger partial charge in [-0.15, -0.1) is 11.3 Å². The van der Waals surface area contributed by atoms with E-state index >= 15 is 0 Å². The topological polar surface area (TPSA) is 12.0 Å². The maximum Gasteiger partial charge on any atom is 0.0446 e. The highest BCUT2D eigenvalue weighted by Gasteiger charge is 2.23. The summed E-state index contributed by atoms with van der Waals surface area (Å²) in [6.07, 6.45) is 6.50. The number of hydrogen-bond acceptors (Lipinski definition) is 2. The summed E-state index contributed by atoms with van der Waals surface area (Å²) >= 11 is 1.92. The first-order chi connectivity index (χ1) is 8.74. The second kappa shape index (κ2) is 8.71. The molecule has 2 atom stereocenters. The number of rotatable bonds is 9. The van der Waals surface area contributed by atoms with Crippen molar-refractivity contribution in [1.29, 1.82) is 0 Å². The molecule has 0 aliphatic rings. The molecule has 0 spiro atoms. The summed E-state index contributed by atoms with van der Waals surface area (Å²) in [4.78, 5) is 1.56. The van der Waals surface area contributed by atoms with Crippen molar-refractivity contribution in [3.8, 4) is 0 Å². The molecule has 0 saturated carbocycles. The Kier molecular flexibility index (Phi) is 7.60. The van der Waals surface area contributed by atoms with Gasteiger partial charge in [-0.3, -0.25) is 0 Å². The zero-order valence-electron chi connectivity index (χ0n) is 12.5. The molecule has 1 heterocycles. The molecule has 0 aliphatic heterocycles. The van der Waals surface area contributed by atoms with E-state index in [4.69, 9.17) is 0 Å². The molecule has 0 radical (unpaired) electrons. The standard InChI is InChI=1S/C16H29NS/c1-5-8-9-14(7-3)15(17-11-6-2)16-13(4)10-12-18-16/h10,12,14-15,17H,5-9,11H2,1-4H3. The second-order valence-electron chi connectivity index (χ2n) is 5.21. The summed E-state index contributed by atoms with van der Waals surface area (Å²) in [5, 5.41) is 6.02. The van der Waals surface area contributed by atoms with Crippen LogP contribution in [0.5, 0.6) is 0 Å². The van der Waals surface area contributed by atoms with E-state index in [9.17, 15) is 0 Å². The Morgan fingerprint density at radius 1 is 1.22 bits per heavy atom. The van der Waals surface area contributed by atoms with Crippen LogP contribution in [0.1, 0.15) is 69.4 Å². The van der Waals surface area contributed by atoms with Crippen LogP contribution in [0, 0.1) is 12.8 Å². The molecule has 0 amide bonds. The molecule has 0 aliphatic carbocycles. The zero-order valence-corrected chi connectivity index (χ0v) is 13.3. The Bertz CT molecular complexity index is 319. The largest absolute Gasteiger partial charge is 0.309 e. The maximum atomic E-state index is 3.78. The van der Waals surface area contributed by atoms with Gasteiger partial charge in [0, 0.05) is 10.9 Å². The van der Waals surface area contributed by atoms with Gasteiger partial charge in [0.05, 0.1) is 0 Å². The molecule has 104 valence electrons. The monoisotopic (exact) mass is 267 g/mol. The highest BCUT2D eigenvalue weighted by Crippen LogP contribution is 2.34. The molecule has 1 nitrogen and oxygen atoms in total. The van der Waals surface area contributed by atoms with Gasteiger partial charge in [-0.25, -0.2) is 0 Å². The lowest BCUT2D eigenvalue weighted by Crippen LogP contribution is -2.28. The van der Waals surface area contributed by atoms with Crippen molar-refractivity contribution in [1.82, 2.24) is 5.32 Å². The summed E-state index contributed by atoms with van der Waals surface area (Å²) in [7, 11) is 0. The van der Waals surface area contributed by atoms with Crippen molar-refractivity contribution in [2.45, 2.75) is 65.8 Å². The molecular weight excluding hydrogens is 238 g/mol. The van der Waals surface area contributed by atoms with Crippen LogP contribution < -0.4 is 5.32 Å². The summed E-state index contributed by atoms with van der Waals surface area (Å²) in [6.45, 7) is 10.3. The SMILES string of the molecule is CCCCC(CC)C(NCCC)c1sccc1C. The van der Waals surface area contributed by atoms with Gasteiger partial charge in [0.1, 0.15) is 0 Å². The Morgan fingerprint density at radius 3 is 2.50 bits per heavy atom. The fourth-order valence-corrected chi connectivity index (χ4v) is 3.64. The van der Waals surface area contributed by atoms with E-state index in [1.807, 2.05) is 11.3 Å². The van der Waals surface area contributed by atoms with Crippen molar-refractivity contribution in [3.05, 3.63) is 21.9 Å². The molecule has 1 aromatic heterocycles. The first-order valence-electron chi connectivity index (χ1n) is 7.51. The lowest BCUT2D eigenvalue weighted by Gasteiger charge is -2.27. The lowest BCUT2D eigenvalue weighted by atomic mass is 9.89. The first-order valence-corrected chi connectivity index (χ1v) is 8.39. The van der Waals surface area contributed by atoms with Crippen molar-refractivity contribution in [2.75, 3.05) is 6.54 Å². The highest BCUT2D eigenvalue weighted by molar-refractivity contribution is 7.10. The first kappa shape index (κ1) is 15.7. The van der Waals surface area contributed by atoms with E-state index in [-0.39, 0.29) is 0 Å². The van der Waals surface area contributed by atoms with Crippen molar-refractivity contribution >= 4 is 11.3 Å². The third-order valence-electron chi connectivity index (χ3n) is 3.72. The van der Waals surface area contributed by atoms with Crippen molar-refractivity contribution in [2.24, 2.45) is 5.92 Å². The Morgan fingerprint density at radius 2 is 2.00 bits per heavy atom. The van der Waals surface area contributed by atoms with Crippen LogP contribution in [-0.2, 0) is 0 Å². The van der Waals surface area contributed by atoms with E-state index in [1.165, 1.54) is 37.7 Å². The van der Waals surface area contributed by atoms with Gasteiger partial charge in [-0.05, 0) is 49.2 Å². The summed E-state index contributed by atoms with van der Waals surface area (Å²) < 4.78 is 0. The van der Waals surface area contributed by atoms with Gasteiger partial charge < -0.3 is 5.32 Å². The molecule has 1 rings (SSSR count). The second-order valence-corrected chi connectivity index (χ2v) is 6.16. The van der Waals surface area contributed by atoms with Crippen molar-refractivity contribution < 1.29 is 0 Å². The number of unbranched alkanes of at least 4 members (excludes halogenated alkanes) is 1. The van der Waals surface area contributed by atoms with Crippen LogP contribution >= 0.6 is 11.3 Å². The van der Waals surface area contributed by atoms with E-state index in [0.29, 0.717) is 6.04 Å². The molecule has 0 saturated heterocycles. The average Bonchev–Trinajstić information content (AvgIpc) is 2.79. The van der Waals surface area contributed by atoms with Gasteiger partial charge in [0.15, 0.2) is 0 Å². The minimum atomic E-state index is 0.571. The fraction of sp³-hybridized carbons (Fsp3) is 0.750. The van der Waals surface area contributed by atoms with Crippen LogP contribution in [0.15, 0.2) is 11.4 Å². The van der Waals surface area contributed by atoms with E-state index in [2.05, 4.69) is 44.5 Å². The van der Waals surface area contributed by atoms with Crippen LogP contribution in [0.25, 0.3) is 0 Å². The number of thiophene rings is 1. The van der Waals surface area contributed by atoms with Gasteiger partial charge in [-0.1, -0.05) is 40.0 Å². The number of nitrogens with one attached hydrogen (secondary N) is 1. The molecule has 0 aromatic carbocycles. The van der Waals surface area contributed by atoms with E-state index < -0.39 is 0 Å². The maximum absolute atomic E-state index is 3.78. The van der Waals surface area contributed by atoms with Gasteiger partial charge in [-0.2, -0.15) is 0 Å². The highest BCUT2D eigenvalue weighted by atomic mass is 32.1. The molecule has 1 aromatic rings. The summed E-state index contributed by atoms with van der Waals surface area (Å²) in [5.41, 5.74) is 1.46. The molecule has 0 bridgehead atoms. The van der Waals surface area contributed by atoms with E-state index in [0.717, 1.165) is 12.5 Å². The van der Waals surface area contributed by atoms with Gasteiger partial charge in [0.25, 0.3) is 0 Å². The smallest absolute Gasteiger partial charge is 0.0446 e. The molecular formula is C16H29NS. The van der Waals surface area contributed by atoms with Gasteiger partial charge in [0.2, 0.25) is 0 Å². The van der Waals surface area contributed by atoms with E-state index in [1.54, 1.807) is 4.88 Å². The van der Waals surface area contributed by atoms with Crippen molar-refractivity contribution in [3.63, 3.8) is 0 Å². The predicted molar refractivity (Wildman–Crippen MR) is 83.4 cm³/mol. The van der Waals surface area contributed by atoms with Gasteiger partial charge >= 0.3 is 0 Å².